The molecule has 0 atom stereocenters. The van der Waals surface area contributed by atoms with Gasteiger partial charge in [-0.1, -0.05) is 0 Å². The highest BCUT2D eigenvalue weighted by Crippen LogP contribution is 2.05. The fourth-order valence-corrected chi connectivity index (χ4v) is 0.278. The Labute approximate surface area is 49.8 Å². The number of esters is 1. The SMILES string of the molecule is [C]C(=O)OC(C)(C)C. The molecular weight excluding hydrogens is 104 g/mol. The first-order chi connectivity index (χ1) is 3.42. The van der Waals surface area contributed by atoms with Crippen molar-refractivity contribution in [2.24, 2.45) is 0 Å². The Morgan fingerprint density at radius 1 is 1.50 bits per heavy atom. The Morgan fingerprint density at radius 2 is 1.88 bits per heavy atom. The lowest BCUT2D eigenvalue weighted by atomic mass is 10.2. The molecular formula is C6H9O2. The topological polar surface area (TPSA) is 26.3 Å². The van der Waals surface area contributed by atoms with Gasteiger partial charge >= 0.3 is 5.97 Å². The lowest BCUT2D eigenvalue weighted by Gasteiger charge is -2.17. The summed E-state index contributed by atoms with van der Waals surface area (Å²) in [5.74, 6) is -0.975. The van der Waals surface area contributed by atoms with Gasteiger partial charge in [-0.05, 0) is 20.8 Å². The number of hydrogen-bond acceptors (Lipinski definition) is 2. The second-order valence-electron chi connectivity index (χ2n) is 2.50. The molecule has 45 valence electrons. The normalized spacial score (nSPS) is 11.0. The van der Waals surface area contributed by atoms with E-state index in [1.807, 2.05) is 0 Å². The van der Waals surface area contributed by atoms with E-state index >= 15 is 0 Å². The molecule has 0 saturated heterocycles. The van der Waals surface area contributed by atoms with Gasteiger partial charge in [0.2, 0.25) is 0 Å². The minimum absolute atomic E-state index is 0.515. The smallest absolute Gasteiger partial charge is 0.316 e. The summed E-state index contributed by atoms with van der Waals surface area (Å²) in [6, 6.07) is 0. The first kappa shape index (κ1) is 7.47. The van der Waals surface area contributed by atoms with E-state index < -0.39 is 11.6 Å². The zero-order valence-electron chi connectivity index (χ0n) is 5.32. The van der Waals surface area contributed by atoms with Gasteiger partial charge in [0.05, 0.1) is 0 Å². The van der Waals surface area contributed by atoms with Crippen molar-refractivity contribution in [2.75, 3.05) is 0 Å². The van der Waals surface area contributed by atoms with Gasteiger partial charge in [-0.15, -0.1) is 0 Å². The average Bonchev–Trinajstić information content (AvgIpc) is 1.21. The zero-order chi connectivity index (χ0) is 6.78. The summed E-state index contributed by atoms with van der Waals surface area (Å²) in [4.78, 5) is 9.90. The monoisotopic (exact) mass is 113 g/mol. The second kappa shape index (κ2) is 2.16. The fourth-order valence-electron chi connectivity index (χ4n) is 0.278. The van der Waals surface area contributed by atoms with Crippen LogP contribution in [0.2, 0.25) is 0 Å². The summed E-state index contributed by atoms with van der Waals surface area (Å²) in [5, 5.41) is 0. The highest BCUT2D eigenvalue weighted by atomic mass is 16.6. The summed E-state index contributed by atoms with van der Waals surface area (Å²) in [6.07, 6.45) is 0. The third-order valence-electron chi connectivity index (χ3n) is 0.399. The van der Waals surface area contributed by atoms with E-state index in [0.29, 0.717) is 0 Å². The Kier molecular flexibility index (Phi) is 2.02. The highest BCUT2D eigenvalue weighted by Gasteiger charge is 2.12. The highest BCUT2D eigenvalue weighted by molar-refractivity contribution is 5.74. The van der Waals surface area contributed by atoms with Gasteiger partial charge in [0, 0.05) is 0 Å². The van der Waals surface area contributed by atoms with Gasteiger partial charge in [-0.2, -0.15) is 0 Å². The van der Waals surface area contributed by atoms with Crippen LogP contribution in [0.3, 0.4) is 0 Å². The molecule has 0 aromatic carbocycles. The number of carbonyl (C=O) groups is 1. The van der Waals surface area contributed by atoms with E-state index in [0.717, 1.165) is 0 Å². The maximum atomic E-state index is 9.90. The Bertz CT molecular complexity index is 89.2. The number of hydrogen-bond donors (Lipinski definition) is 0. The molecule has 3 radical (unpaired) electrons. The van der Waals surface area contributed by atoms with Crippen LogP contribution in [0, 0.1) is 6.92 Å². The molecule has 2 nitrogen and oxygen atoms in total. The molecule has 0 saturated carbocycles. The molecule has 0 fully saturated rings. The fraction of sp³-hybridized carbons (Fsp3) is 0.667. The molecule has 0 N–H and O–H groups in total. The summed E-state index contributed by atoms with van der Waals surface area (Å²) in [5.41, 5.74) is -0.515. The van der Waals surface area contributed by atoms with Crippen molar-refractivity contribution in [3.8, 4) is 0 Å². The molecule has 0 rings (SSSR count). The number of carbonyl (C=O) groups excluding carboxylic acids is 1. The molecule has 0 aliphatic heterocycles. The Morgan fingerprint density at radius 3 is 1.88 bits per heavy atom. The van der Waals surface area contributed by atoms with Crippen molar-refractivity contribution >= 4 is 5.97 Å². The quantitative estimate of drug-likeness (QED) is 0.436. The lowest BCUT2D eigenvalue weighted by Crippen LogP contribution is -2.21. The van der Waals surface area contributed by atoms with Gasteiger partial charge in [0.15, 0.2) is 0 Å². The second-order valence-corrected chi connectivity index (χ2v) is 2.50. The van der Waals surface area contributed by atoms with Crippen molar-refractivity contribution in [2.45, 2.75) is 26.4 Å². The van der Waals surface area contributed by atoms with Crippen LogP contribution in [-0.2, 0) is 9.53 Å². The third kappa shape index (κ3) is 5.47. The van der Waals surface area contributed by atoms with Crippen LogP contribution >= 0.6 is 0 Å². The molecule has 0 amide bonds. The van der Waals surface area contributed by atoms with E-state index in [1.54, 1.807) is 20.8 Å². The molecule has 0 spiro atoms. The molecule has 0 bridgehead atoms. The molecule has 0 unspecified atom stereocenters. The van der Waals surface area contributed by atoms with Gasteiger partial charge in [0.1, 0.15) is 12.5 Å². The van der Waals surface area contributed by atoms with E-state index in [-0.39, 0.29) is 0 Å². The molecule has 8 heavy (non-hydrogen) atoms. The van der Waals surface area contributed by atoms with E-state index in [2.05, 4.69) is 4.74 Å². The van der Waals surface area contributed by atoms with E-state index in [4.69, 9.17) is 6.92 Å². The van der Waals surface area contributed by atoms with Crippen LogP contribution in [0.15, 0.2) is 0 Å². The first-order valence-electron chi connectivity index (χ1n) is 2.36. The summed E-state index contributed by atoms with van der Waals surface area (Å²) >= 11 is 0. The van der Waals surface area contributed by atoms with Crippen LogP contribution in [-0.4, -0.2) is 11.6 Å². The van der Waals surface area contributed by atoms with Gasteiger partial charge in [0.25, 0.3) is 0 Å². The predicted octanol–water partition coefficient (Wildman–Crippen LogP) is 0.916. The van der Waals surface area contributed by atoms with Crippen molar-refractivity contribution in [3.63, 3.8) is 0 Å². The zero-order valence-corrected chi connectivity index (χ0v) is 5.32. The van der Waals surface area contributed by atoms with Crippen molar-refractivity contribution in [1.82, 2.24) is 0 Å². The van der Waals surface area contributed by atoms with Crippen LogP contribution in [0.4, 0.5) is 0 Å². The minimum Gasteiger partial charge on any atom is -0.459 e. The summed E-state index contributed by atoms with van der Waals surface area (Å²) in [7, 11) is 0. The van der Waals surface area contributed by atoms with Crippen molar-refractivity contribution in [3.05, 3.63) is 6.92 Å². The van der Waals surface area contributed by atoms with Gasteiger partial charge in [-0.3, -0.25) is 4.79 Å². The molecule has 0 aromatic rings. The van der Waals surface area contributed by atoms with Crippen LogP contribution < -0.4 is 0 Å². The maximum absolute atomic E-state index is 9.90. The average molecular weight is 113 g/mol. The largest absolute Gasteiger partial charge is 0.459 e. The molecule has 2 heteroatoms. The third-order valence-corrected chi connectivity index (χ3v) is 0.399. The van der Waals surface area contributed by atoms with Crippen LogP contribution in [0.5, 0.6) is 0 Å². The minimum atomic E-state index is -0.975. The predicted molar refractivity (Wildman–Crippen MR) is 29.1 cm³/mol. The van der Waals surface area contributed by atoms with Crippen LogP contribution in [0.1, 0.15) is 20.8 Å². The molecule has 0 aliphatic rings. The maximum Gasteiger partial charge on any atom is 0.316 e. The summed E-state index contributed by atoms with van der Waals surface area (Å²) < 4.78 is 4.47. The van der Waals surface area contributed by atoms with Gasteiger partial charge in [-0.25, -0.2) is 0 Å². The van der Waals surface area contributed by atoms with E-state index in [9.17, 15) is 4.79 Å². The lowest BCUT2D eigenvalue weighted by molar-refractivity contribution is -0.148. The van der Waals surface area contributed by atoms with Crippen LogP contribution in [0.25, 0.3) is 0 Å². The molecule has 0 aromatic heterocycles. The molecule has 0 aliphatic carbocycles. The Hall–Kier alpha value is -0.530. The number of rotatable bonds is 0. The van der Waals surface area contributed by atoms with Crippen molar-refractivity contribution in [1.29, 1.82) is 0 Å². The first-order valence-corrected chi connectivity index (χ1v) is 2.36. The number of ether oxygens (including phenoxy) is 1. The summed E-state index contributed by atoms with van der Waals surface area (Å²) in [6.45, 7) is 11.5. The van der Waals surface area contributed by atoms with Gasteiger partial charge < -0.3 is 4.74 Å². The van der Waals surface area contributed by atoms with Crippen molar-refractivity contribution < 1.29 is 9.53 Å². The Balaban J connectivity index is 3.55. The standard InChI is InChI=1S/C6H9O2/c1-5(7)8-6(2,3)4/h2-4H3. The van der Waals surface area contributed by atoms with E-state index in [1.165, 1.54) is 0 Å². The molecule has 0 heterocycles.